The summed E-state index contributed by atoms with van der Waals surface area (Å²) in [5.74, 6) is 1.78. The van der Waals surface area contributed by atoms with Crippen LogP contribution in [0.25, 0.3) is 22.2 Å². The average molecular weight is 1630 g/mol. The Morgan fingerprint density at radius 1 is 0.350 bits per heavy atom. The van der Waals surface area contributed by atoms with Gasteiger partial charge in [-0.2, -0.15) is 0 Å². The molecule has 4 aliphatic rings. The Morgan fingerprint density at radius 2 is 0.670 bits per heavy atom. The fraction of sp³-hybridized carbons (Fsp3) is 0.375. The van der Waals surface area contributed by atoms with Crippen LogP contribution < -0.4 is 40.4 Å². The zero-order valence-corrected chi connectivity index (χ0v) is 69.8. The van der Waals surface area contributed by atoms with Crippen molar-refractivity contribution >= 4 is 185 Å². The lowest BCUT2D eigenvalue weighted by Crippen LogP contribution is -2.28. The predicted octanol–water partition coefficient (Wildman–Crippen LogP) is 25.6. The van der Waals surface area contributed by atoms with Gasteiger partial charge in [-0.25, -0.2) is 30.0 Å². The maximum atomic E-state index is 7.88. The summed E-state index contributed by atoms with van der Waals surface area (Å²) in [5.41, 5.74) is 5.34. The molecule has 0 amide bonds. The van der Waals surface area contributed by atoms with Gasteiger partial charge >= 0.3 is 0 Å². The van der Waals surface area contributed by atoms with Crippen LogP contribution in [0.5, 0.6) is 40.2 Å². The molecule has 1 N–H and O–H groups in total. The van der Waals surface area contributed by atoms with Gasteiger partial charge in [0.2, 0.25) is 0 Å². The Labute approximate surface area is 661 Å². The first-order valence-electron chi connectivity index (χ1n) is 33.7. The van der Waals surface area contributed by atoms with Crippen molar-refractivity contribution < 1.29 is 18.9 Å². The monoisotopic (exact) mass is 1620 g/mol. The van der Waals surface area contributed by atoms with Crippen molar-refractivity contribution in [3.8, 4) is 40.2 Å². The second kappa shape index (κ2) is 27.5. The lowest BCUT2D eigenvalue weighted by atomic mass is 9.80. The van der Waals surface area contributed by atoms with Crippen LogP contribution in [0, 0.1) is 5.92 Å². The number of rotatable bonds is 10. The van der Waals surface area contributed by atoms with Gasteiger partial charge in [0.05, 0.1) is 91.2 Å². The van der Waals surface area contributed by atoms with E-state index < -0.39 is 16.2 Å². The first-order chi connectivity index (χ1) is 47.7. The van der Waals surface area contributed by atoms with Crippen molar-refractivity contribution in [2.24, 2.45) is 35.9 Å². The van der Waals surface area contributed by atoms with Crippen LogP contribution in [-0.4, -0.2) is 34.9 Å². The fourth-order valence-electron chi connectivity index (χ4n) is 12.7. The van der Waals surface area contributed by atoms with Crippen LogP contribution >= 0.6 is 139 Å². The Morgan fingerprint density at radius 3 is 1.03 bits per heavy atom. The molecule has 0 unspecified atom stereocenters. The Kier molecular flexibility index (Phi) is 20.6. The number of aromatic amines is 1. The van der Waals surface area contributed by atoms with Gasteiger partial charge in [-0.05, 0) is 79.7 Å². The number of nitrogens with zero attached hydrogens (tertiary/aromatic N) is 6. The number of hydrogen-bond donors (Lipinski definition) is 1. The second-order valence-electron chi connectivity index (χ2n) is 32.9. The van der Waals surface area contributed by atoms with E-state index in [1.165, 1.54) is 0 Å². The van der Waals surface area contributed by atoms with Crippen molar-refractivity contribution in [2.45, 2.75) is 184 Å². The summed E-state index contributed by atoms with van der Waals surface area (Å²) in [5, 5.41) is 0.831. The number of fused-ring (bicyclic) bond motifs is 16. The maximum Gasteiger partial charge on any atom is 0.166 e. The van der Waals surface area contributed by atoms with Gasteiger partial charge in [-0.1, -0.05) is 314 Å². The van der Waals surface area contributed by atoms with E-state index >= 15 is 0 Å². The minimum Gasteiger partial charge on any atom is -0.490 e. The van der Waals surface area contributed by atoms with Crippen LogP contribution in [0.2, 0.25) is 60.3 Å². The first-order valence-corrected chi connectivity index (χ1v) is 38.2. The summed E-state index contributed by atoms with van der Waals surface area (Å²) in [7, 11) is 0. The third-order valence-corrected chi connectivity index (χ3v) is 23.3. The number of benzene rings is 7. The smallest absolute Gasteiger partial charge is 0.166 e. The van der Waals surface area contributed by atoms with Crippen LogP contribution in [0.15, 0.2) is 84.6 Å². The molecule has 23 heteroatoms. The van der Waals surface area contributed by atoms with Gasteiger partial charge in [-0.3, -0.25) is 0 Å². The van der Waals surface area contributed by atoms with Gasteiger partial charge in [0.25, 0.3) is 0 Å². The molecule has 0 fully saturated rings. The number of nitrogens with one attached hydrogen (secondary N) is 1. The molecule has 1 aliphatic carbocycles. The fourth-order valence-corrected chi connectivity index (χ4v) is 16.2. The Hall–Kier alpha value is -5.22. The summed E-state index contributed by atoms with van der Waals surface area (Å²) < 4.78 is 27.3. The topological polar surface area (TPSA) is 127 Å². The number of aliphatic imine (C=N–C) groups is 4. The van der Waals surface area contributed by atoms with Crippen molar-refractivity contribution in [1.82, 2.24) is 4.98 Å². The molecule has 0 atom stereocenters. The van der Waals surface area contributed by atoms with Crippen LogP contribution in [-0.2, 0) is 32.5 Å². The largest absolute Gasteiger partial charge is 0.490 e. The molecule has 0 spiro atoms. The minimum atomic E-state index is -0.437. The zero-order valence-electron chi connectivity index (χ0n) is 60.7. The van der Waals surface area contributed by atoms with Gasteiger partial charge in [-0.15, -0.1) is 0 Å². The van der Waals surface area contributed by atoms with Crippen LogP contribution in [0.3, 0.4) is 0 Å². The van der Waals surface area contributed by atoms with Gasteiger partial charge in [0, 0.05) is 33.5 Å². The van der Waals surface area contributed by atoms with Gasteiger partial charge in [0.1, 0.15) is 48.3 Å². The van der Waals surface area contributed by atoms with E-state index in [9.17, 15) is 0 Å². The lowest BCUT2D eigenvalue weighted by Gasteiger charge is -2.27. The second-order valence-corrected chi connectivity index (χ2v) is 37.4. The summed E-state index contributed by atoms with van der Waals surface area (Å²) in [4.78, 5) is 35.4. The van der Waals surface area contributed by atoms with Crippen molar-refractivity contribution in [1.29, 1.82) is 0 Å². The molecule has 11 nitrogen and oxygen atoms in total. The molecule has 540 valence electrons. The van der Waals surface area contributed by atoms with Gasteiger partial charge < -0.3 is 23.9 Å². The Balaban J connectivity index is 1.22. The molecule has 8 bridgehead atoms. The predicted molar refractivity (Wildman–Crippen MR) is 434 cm³/mol. The molecule has 103 heavy (non-hydrogen) atoms. The van der Waals surface area contributed by atoms with E-state index in [-0.39, 0.29) is 197 Å². The number of halogens is 12. The zero-order chi connectivity index (χ0) is 75.5. The number of H-pyrrole nitrogens is 1. The minimum absolute atomic E-state index is 0.000513. The van der Waals surface area contributed by atoms with E-state index in [0.717, 1.165) is 33.4 Å². The maximum absolute atomic E-state index is 7.88. The molecule has 3 aliphatic heterocycles. The van der Waals surface area contributed by atoms with Crippen LogP contribution in [0.4, 0.5) is 0 Å². The highest BCUT2D eigenvalue weighted by atomic mass is 35.5. The molecular formula is C80H77Cl12N7O4. The average Bonchev–Trinajstić information content (AvgIpc) is 1.58. The normalized spacial score (nSPS) is 14.7. The molecule has 4 heterocycles. The molecule has 0 radical (unpaired) electrons. The molecule has 8 aromatic rings. The van der Waals surface area contributed by atoms with Crippen LogP contribution in [0.1, 0.15) is 207 Å². The van der Waals surface area contributed by atoms with Crippen molar-refractivity contribution in [2.75, 3.05) is 6.61 Å². The third kappa shape index (κ3) is 14.2. The standard InChI is InChI=1S/C80H77Cl12N7O4/c1-33(2)27-28-100-65-57(85)46-41-32-40(45(46)53(81)61(65)89)93-69-47-51(59(87)67(62(90)54(47)82)102-43-25-22-35(76(6,7)8)30-38(43)79(15,16)17)73(95-69)99-74-52-49(56(84)64(92)68(60(52)88)103-44-26-23-36(77(9,10)11)31-39(44)80(18,19)20)71(98-74)97-72-50-48(70(94-41)96-72)55(83)63(91)66(58(50)86)101-42-24-21-34(75(3,4)5)29-37(42)78(12,13)14/h21-26,29-31,33H,27-28,32H2,1-20H3,(H,93,94,95,96,97,98,99). The first kappa shape index (κ1) is 77.4. The molecule has 0 saturated heterocycles. The summed E-state index contributed by atoms with van der Waals surface area (Å²) in [6, 6.07) is 18.2. The van der Waals surface area contributed by atoms with E-state index in [0.29, 0.717) is 34.1 Å². The summed E-state index contributed by atoms with van der Waals surface area (Å²) in [6.45, 7) is 42.6. The SMILES string of the molecule is CC(C)CCOc1c(Cl)c(Cl)c2c(c1Cl)=C1CC=2N=C2N=C(N=c3[nH]c(c4c(Cl)c(Cl)c(Oc5ccc(C(C)(C)C)cc5C(C)(C)C)c(Cl)c34)=NC3=NC(=N1)c1c(Cl)c(Cl)c(Oc4ccc(C(C)(C)C)cc4C(C)(C)C)c(Cl)c13)c1c(Cl)c(Oc3ccc(C(C)(C)C)cc3C(C)(C)C)c(Cl)c(Cl)c12. The number of amidine groups is 4. The van der Waals surface area contributed by atoms with Gasteiger partial charge in [0.15, 0.2) is 46.3 Å². The number of hydrogen-bond acceptors (Lipinski definition) is 10. The Bertz CT molecular complexity index is 5430. The quantitative estimate of drug-likeness (QED) is 0.137. The highest BCUT2D eigenvalue weighted by Gasteiger charge is 2.40. The van der Waals surface area contributed by atoms with E-state index in [1.54, 1.807) is 0 Å². The van der Waals surface area contributed by atoms with Crippen molar-refractivity contribution in [3.63, 3.8) is 0 Å². The van der Waals surface area contributed by atoms with E-state index in [4.69, 9.17) is 188 Å². The number of ether oxygens (including phenoxy) is 4. The van der Waals surface area contributed by atoms with E-state index in [2.05, 4.69) is 162 Å². The molecule has 12 rings (SSSR count). The summed E-state index contributed by atoms with van der Waals surface area (Å²) >= 11 is 91.6. The summed E-state index contributed by atoms with van der Waals surface area (Å²) in [6.07, 6.45) is 0.576. The third-order valence-electron chi connectivity index (χ3n) is 18.5. The van der Waals surface area contributed by atoms with E-state index in [1.807, 2.05) is 36.4 Å². The number of aromatic nitrogens is 1. The molecule has 0 saturated carbocycles. The highest BCUT2D eigenvalue weighted by Crippen LogP contribution is 2.54. The molecule has 7 aromatic carbocycles. The lowest BCUT2D eigenvalue weighted by molar-refractivity contribution is 0.289. The molecule has 1 aromatic heterocycles. The van der Waals surface area contributed by atoms with Crippen molar-refractivity contribution in [3.05, 3.63) is 192 Å². The molecular weight excluding hydrogens is 1550 g/mol. The highest BCUT2D eigenvalue weighted by molar-refractivity contribution is 6.53.